The summed E-state index contributed by atoms with van der Waals surface area (Å²) in [6, 6.07) is 36.9. The van der Waals surface area contributed by atoms with Crippen molar-refractivity contribution in [2.45, 2.75) is 19.8 Å². The molecule has 0 atom stereocenters. The predicted octanol–water partition coefficient (Wildman–Crippen LogP) is 8.32. The fourth-order valence-corrected chi connectivity index (χ4v) is 3.99. The second kappa shape index (κ2) is 11.4. The van der Waals surface area contributed by atoms with Crippen molar-refractivity contribution in [1.82, 2.24) is 0 Å². The smallest absolute Gasteiger partial charge is 0.131 e. The van der Waals surface area contributed by atoms with Crippen LogP contribution in [0.3, 0.4) is 0 Å². The third-order valence-corrected chi connectivity index (χ3v) is 6.05. The fourth-order valence-electron chi connectivity index (χ4n) is 3.99. The number of aryl methyl sites for hydroxylation is 3. The first-order valence-corrected chi connectivity index (χ1v) is 12.5. The first-order chi connectivity index (χ1) is 18.5. The largest absolute Gasteiger partial charge is 0.457 e. The molecule has 38 heavy (non-hydrogen) atoms. The Bertz CT molecular complexity index is 1410. The summed E-state index contributed by atoms with van der Waals surface area (Å²) in [7, 11) is 0. The lowest BCUT2D eigenvalue weighted by Crippen LogP contribution is -1.95. The van der Waals surface area contributed by atoms with Crippen LogP contribution in [-0.4, -0.2) is 0 Å². The number of benzene rings is 5. The summed E-state index contributed by atoms with van der Waals surface area (Å²) in [5.41, 5.74) is 16.5. The summed E-state index contributed by atoms with van der Waals surface area (Å²) in [5.74, 6) is 4.47. The summed E-state index contributed by atoms with van der Waals surface area (Å²) in [6.07, 6.45) is 1.68. The maximum atomic E-state index is 6.18. The Hall–Kier alpha value is -4.90. The zero-order valence-corrected chi connectivity index (χ0v) is 21.3. The first-order valence-electron chi connectivity index (χ1n) is 12.5. The zero-order valence-electron chi connectivity index (χ0n) is 21.3. The van der Waals surface area contributed by atoms with Crippen molar-refractivity contribution in [2.24, 2.45) is 0 Å². The van der Waals surface area contributed by atoms with Gasteiger partial charge in [0.15, 0.2) is 0 Å². The molecule has 0 spiro atoms. The summed E-state index contributed by atoms with van der Waals surface area (Å²) in [5, 5.41) is 0. The van der Waals surface area contributed by atoms with Crippen LogP contribution in [0.1, 0.15) is 16.7 Å². The molecular weight excluding hydrogens is 472 g/mol. The van der Waals surface area contributed by atoms with Crippen molar-refractivity contribution in [3.63, 3.8) is 0 Å². The van der Waals surface area contributed by atoms with E-state index >= 15 is 0 Å². The Morgan fingerprint density at radius 2 is 0.789 bits per heavy atom. The highest BCUT2D eigenvalue weighted by molar-refractivity contribution is 5.47. The SMILES string of the molecule is Cc1ccc(Oc2cc(CCc3ccc(Oc4ccc(N)cc4)cc3)cc(Oc3ccc(N)cc3)c2)cc1. The number of rotatable bonds is 9. The molecule has 0 aliphatic rings. The van der Waals surface area contributed by atoms with Gasteiger partial charge >= 0.3 is 0 Å². The van der Waals surface area contributed by atoms with Crippen molar-refractivity contribution in [1.29, 1.82) is 0 Å². The number of ether oxygens (including phenoxy) is 3. The minimum atomic E-state index is 0.694. The molecule has 0 saturated carbocycles. The molecule has 5 aromatic carbocycles. The van der Waals surface area contributed by atoms with Gasteiger partial charge in [0.05, 0.1) is 0 Å². The van der Waals surface area contributed by atoms with E-state index in [9.17, 15) is 0 Å². The van der Waals surface area contributed by atoms with E-state index in [1.807, 2.05) is 91.0 Å². The average molecular weight is 503 g/mol. The molecule has 0 heterocycles. The van der Waals surface area contributed by atoms with Crippen LogP contribution in [0.25, 0.3) is 0 Å². The molecule has 0 fully saturated rings. The Morgan fingerprint density at radius 1 is 0.421 bits per heavy atom. The average Bonchev–Trinajstić information content (AvgIpc) is 2.92. The normalized spacial score (nSPS) is 10.7. The molecular formula is C33H30N2O3. The lowest BCUT2D eigenvalue weighted by Gasteiger charge is -2.13. The molecule has 5 heteroatoms. The van der Waals surface area contributed by atoms with Gasteiger partial charge in [0, 0.05) is 17.4 Å². The molecule has 0 radical (unpaired) electrons. The van der Waals surface area contributed by atoms with Crippen LogP contribution in [-0.2, 0) is 12.8 Å². The van der Waals surface area contributed by atoms with E-state index in [1.54, 1.807) is 0 Å². The van der Waals surface area contributed by atoms with E-state index in [2.05, 4.69) is 31.2 Å². The van der Waals surface area contributed by atoms with Gasteiger partial charge in [0.1, 0.15) is 34.5 Å². The van der Waals surface area contributed by atoms with Gasteiger partial charge in [-0.2, -0.15) is 0 Å². The van der Waals surface area contributed by atoms with Crippen LogP contribution >= 0.6 is 0 Å². The summed E-state index contributed by atoms with van der Waals surface area (Å²) in [4.78, 5) is 0. The van der Waals surface area contributed by atoms with Gasteiger partial charge in [-0.15, -0.1) is 0 Å². The molecule has 4 N–H and O–H groups in total. The molecule has 0 saturated heterocycles. The van der Waals surface area contributed by atoms with Gasteiger partial charge in [-0.1, -0.05) is 29.8 Å². The molecule has 5 nitrogen and oxygen atoms in total. The van der Waals surface area contributed by atoms with Gasteiger partial charge in [0.25, 0.3) is 0 Å². The monoisotopic (exact) mass is 502 g/mol. The number of hydrogen-bond acceptors (Lipinski definition) is 5. The van der Waals surface area contributed by atoms with Gasteiger partial charge in [0.2, 0.25) is 0 Å². The third-order valence-electron chi connectivity index (χ3n) is 6.05. The molecule has 0 amide bonds. The quantitative estimate of drug-likeness (QED) is 0.198. The minimum absolute atomic E-state index is 0.694. The van der Waals surface area contributed by atoms with Crippen LogP contribution < -0.4 is 25.7 Å². The molecule has 0 aromatic heterocycles. The number of nitrogen functional groups attached to an aromatic ring is 2. The van der Waals surface area contributed by atoms with Crippen molar-refractivity contribution < 1.29 is 14.2 Å². The van der Waals surface area contributed by atoms with Gasteiger partial charge in [-0.3, -0.25) is 0 Å². The topological polar surface area (TPSA) is 79.7 Å². The van der Waals surface area contributed by atoms with Crippen LogP contribution in [0, 0.1) is 6.92 Å². The van der Waals surface area contributed by atoms with E-state index in [4.69, 9.17) is 25.7 Å². The summed E-state index contributed by atoms with van der Waals surface area (Å²) in [6.45, 7) is 2.06. The van der Waals surface area contributed by atoms with Gasteiger partial charge < -0.3 is 25.7 Å². The molecule has 0 aliphatic heterocycles. The fraction of sp³-hybridized carbons (Fsp3) is 0.0909. The molecule has 190 valence electrons. The van der Waals surface area contributed by atoms with Gasteiger partial charge in [-0.05, 0) is 116 Å². The molecule has 0 aliphatic carbocycles. The maximum absolute atomic E-state index is 6.18. The van der Waals surface area contributed by atoms with Crippen molar-refractivity contribution >= 4 is 11.4 Å². The number of hydrogen-bond donors (Lipinski definition) is 2. The van der Waals surface area contributed by atoms with Gasteiger partial charge in [-0.25, -0.2) is 0 Å². The van der Waals surface area contributed by atoms with E-state index in [1.165, 1.54) is 11.1 Å². The van der Waals surface area contributed by atoms with Crippen molar-refractivity contribution in [3.05, 3.63) is 132 Å². The Kier molecular flexibility index (Phi) is 7.46. The highest BCUT2D eigenvalue weighted by Crippen LogP contribution is 2.31. The molecule has 0 unspecified atom stereocenters. The minimum Gasteiger partial charge on any atom is -0.457 e. The zero-order chi connectivity index (χ0) is 26.3. The summed E-state index contributed by atoms with van der Waals surface area (Å²) >= 11 is 0. The van der Waals surface area contributed by atoms with Crippen LogP contribution in [0.4, 0.5) is 11.4 Å². The van der Waals surface area contributed by atoms with Crippen LogP contribution in [0.2, 0.25) is 0 Å². The lowest BCUT2D eigenvalue weighted by molar-refractivity contribution is 0.459. The molecule has 5 rings (SSSR count). The van der Waals surface area contributed by atoms with Crippen LogP contribution in [0.5, 0.6) is 34.5 Å². The van der Waals surface area contributed by atoms with Crippen molar-refractivity contribution in [3.8, 4) is 34.5 Å². The van der Waals surface area contributed by atoms with E-state index < -0.39 is 0 Å². The third kappa shape index (κ3) is 6.86. The standard InChI is InChI=1S/C33H30N2O3/c1-23-2-12-28(13-3-23)37-32-20-25(21-33(22-32)38-31-18-10-27(35)11-19-31)5-4-24-6-14-29(15-7-24)36-30-16-8-26(34)9-17-30/h2-3,6-22H,4-5,34-35H2,1H3. The Labute approximate surface area is 223 Å². The number of nitrogens with two attached hydrogens (primary N) is 2. The number of anilines is 2. The summed E-state index contributed by atoms with van der Waals surface area (Å²) < 4.78 is 18.2. The van der Waals surface area contributed by atoms with E-state index in [0.717, 1.165) is 41.4 Å². The lowest BCUT2D eigenvalue weighted by atomic mass is 10.0. The molecule has 5 aromatic rings. The predicted molar refractivity (Wildman–Crippen MR) is 153 cm³/mol. The van der Waals surface area contributed by atoms with Crippen molar-refractivity contribution in [2.75, 3.05) is 11.5 Å². The van der Waals surface area contributed by atoms with Crippen LogP contribution in [0.15, 0.2) is 115 Å². The highest BCUT2D eigenvalue weighted by Gasteiger charge is 2.08. The maximum Gasteiger partial charge on any atom is 0.131 e. The second-order valence-electron chi connectivity index (χ2n) is 9.21. The van der Waals surface area contributed by atoms with E-state index in [0.29, 0.717) is 22.9 Å². The highest BCUT2D eigenvalue weighted by atomic mass is 16.5. The Morgan fingerprint density at radius 3 is 1.26 bits per heavy atom. The Balaban J connectivity index is 1.30. The second-order valence-corrected chi connectivity index (χ2v) is 9.21. The first kappa shape index (κ1) is 24.8. The van der Waals surface area contributed by atoms with E-state index in [-0.39, 0.29) is 0 Å². The molecule has 0 bridgehead atoms.